The molecule has 21 heavy (non-hydrogen) atoms. The van der Waals surface area contributed by atoms with Crippen LogP contribution in [0.2, 0.25) is 0 Å². The normalized spacial score (nSPS) is 19.7. The highest BCUT2D eigenvalue weighted by atomic mass is 19.4. The fourth-order valence-electron chi connectivity index (χ4n) is 2.78. The number of nitrogens with one attached hydrogen (secondary N) is 1. The van der Waals surface area contributed by atoms with Gasteiger partial charge in [0.15, 0.2) is 0 Å². The summed E-state index contributed by atoms with van der Waals surface area (Å²) in [5, 5.41) is 3.31. The maximum absolute atomic E-state index is 13.7. The Balaban J connectivity index is 1.82. The monoisotopic (exact) mass is 304 g/mol. The second-order valence-electron chi connectivity index (χ2n) is 5.58. The third-order valence-electron chi connectivity index (χ3n) is 3.85. The van der Waals surface area contributed by atoms with Crippen molar-refractivity contribution in [1.82, 2.24) is 10.2 Å². The molecular formula is C15H20F4N2. The molecule has 0 spiro atoms. The summed E-state index contributed by atoms with van der Waals surface area (Å²) in [6, 6.07) is 6.55. The maximum atomic E-state index is 13.7. The minimum absolute atomic E-state index is 0.129. The number of rotatable bonds is 4. The van der Waals surface area contributed by atoms with Crippen LogP contribution in [0, 0.1) is 5.82 Å². The second kappa shape index (κ2) is 6.75. The average Bonchev–Trinajstić information content (AvgIpc) is 2.40. The lowest BCUT2D eigenvalue weighted by Crippen LogP contribution is -2.46. The molecule has 1 fully saturated rings. The summed E-state index contributed by atoms with van der Waals surface area (Å²) in [5.74, 6) is -0.257. The molecule has 1 N–H and O–H groups in total. The predicted molar refractivity (Wildman–Crippen MR) is 73.5 cm³/mol. The van der Waals surface area contributed by atoms with Crippen molar-refractivity contribution >= 4 is 0 Å². The Kier molecular flexibility index (Phi) is 5.22. The Morgan fingerprint density at radius 1 is 1.24 bits per heavy atom. The van der Waals surface area contributed by atoms with Crippen molar-refractivity contribution in [2.45, 2.75) is 38.0 Å². The Morgan fingerprint density at radius 2 is 1.86 bits per heavy atom. The Bertz CT molecular complexity index is 453. The summed E-state index contributed by atoms with van der Waals surface area (Å²) in [7, 11) is 0. The van der Waals surface area contributed by atoms with Crippen LogP contribution >= 0.6 is 0 Å². The number of alkyl halides is 3. The first kappa shape index (κ1) is 16.2. The minimum atomic E-state index is -4.14. The van der Waals surface area contributed by atoms with Crippen LogP contribution in [-0.2, 0) is 0 Å². The van der Waals surface area contributed by atoms with Crippen molar-refractivity contribution in [3.8, 4) is 0 Å². The van der Waals surface area contributed by atoms with Gasteiger partial charge in [-0.2, -0.15) is 13.2 Å². The maximum Gasteiger partial charge on any atom is 0.401 e. The smallest absolute Gasteiger partial charge is 0.307 e. The predicted octanol–water partition coefficient (Wildman–Crippen LogP) is 3.50. The Labute approximate surface area is 122 Å². The van der Waals surface area contributed by atoms with Crippen LogP contribution in [0.1, 0.15) is 31.4 Å². The molecule has 1 aliphatic heterocycles. The third kappa shape index (κ3) is 4.97. The quantitative estimate of drug-likeness (QED) is 0.857. The first-order chi connectivity index (χ1) is 9.85. The molecule has 1 aromatic carbocycles. The lowest BCUT2D eigenvalue weighted by molar-refractivity contribution is -0.148. The Morgan fingerprint density at radius 3 is 2.43 bits per heavy atom. The van der Waals surface area contributed by atoms with Crippen molar-refractivity contribution in [3.05, 3.63) is 35.6 Å². The molecule has 118 valence electrons. The van der Waals surface area contributed by atoms with Gasteiger partial charge in [0.05, 0.1) is 6.54 Å². The fourth-order valence-corrected chi connectivity index (χ4v) is 2.78. The van der Waals surface area contributed by atoms with Crippen molar-refractivity contribution in [3.63, 3.8) is 0 Å². The molecule has 0 radical (unpaired) electrons. The zero-order valence-electron chi connectivity index (χ0n) is 12.0. The van der Waals surface area contributed by atoms with Crippen LogP contribution in [0.15, 0.2) is 24.3 Å². The van der Waals surface area contributed by atoms with Gasteiger partial charge in [0.1, 0.15) is 5.82 Å². The molecule has 1 atom stereocenters. The van der Waals surface area contributed by atoms with Gasteiger partial charge in [-0.3, -0.25) is 4.90 Å². The van der Waals surface area contributed by atoms with Crippen LogP contribution in [0.4, 0.5) is 17.6 Å². The molecule has 0 saturated carbocycles. The molecule has 1 aliphatic rings. The van der Waals surface area contributed by atoms with E-state index in [1.165, 1.54) is 11.0 Å². The second-order valence-corrected chi connectivity index (χ2v) is 5.58. The van der Waals surface area contributed by atoms with Gasteiger partial charge in [0, 0.05) is 17.6 Å². The number of halogens is 4. The summed E-state index contributed by atoms with van der Waals surface area (Å²) < 4.78 is 50.6. The van der Waals surface area contributed by atoms with Gasteiger partial charge in [-0.1, -0.05) is 18.2 Å². The van der Waals surface area contributed by atoms with Gasteiger partial charge in [0.2, 0.25) is 0 Å². The molecule has 1 unspecified atom stereocenters. The Hall–Kier alpha value is -1.14. The highest BCUT2D eigenvalue weighted by Crippen LogP contribution is 2.22. The number of benzene rings is 1. The molecule has 1 heterocycles. The standard InChI is InChI=1S/C15H20F4N2/c1-11(13-4-2-3-5-14(13)16)20-12-6-8-21(9-7-12)10-15(17,18)19/h2-5,11-12,20H,6-10H2,1H3. The molecular weight excluding hydrogens is 284 g/mol. The molecule has 2 rings (SSSR count). The van der Waals surface area contributed by atoms with E-state index >= 15 is 0 Å². The summed E-state index contributed by atoms with van der Waals surface area (Å²) in [6.07, 6.45) is -2.84. The van der Waals surface area contributed by atoms with Gasteiger partial charge in [-0.05, 0) is 38.9 Å². The molecule has 1 saturated heterocycles. The number of nitrogens with zero attached hydrogens (tertiary/aromatic N) is 1. The van der Waals surface area contributed by atoms with E-state index in [2.05, 4.69) is 5.32 Å². The summed E-state index contributed by atoms with van der Waals surface area (Å²) in [4.78, 5) is 1.42. The number of piperidine rings is 1. The van der Waals surface area contributed by atoms with Gasteiger partial charge >= 0.3 is 6.18 Å². The lowest BCUT2D eigenvalue weighted by atomic mass is 10.0. The largest absolute Gasteiger partial charge is 0.401 e. The van der Waals surface area contributed by atoms with Crippen molar-refractivity contribution in [2.24, 2.45) is 0 Å². The van der Waals surface area contributed by atoms with E-state index in [1.54, 1.807) is 18.2 Å². The first-order valence-corrected chi connectivity index (χ1v) is 7.15. The number of hydrogen-bond donors (Lipinski definition) is 1. The van der Waals surface area contributed by atoms with Gasteiger partial charge < -0.3 is 5.32 Å². The van der Waals surface area contributed by atoms with E-state index in [0.29, 0.717) is 31.5 Å². The highest BCUT2D eigenvalue weighted by Gasteiger charge is 2.32. The molecule has 6 heteroatoms. The van der Waals surface area contributed by atoms with Crippen LogP contribution in [0.3, 0.4) is 0 Å². The van der Waals surface area contributed by atoms with E-state index in [1.807, 2.05) is 6.92 Å². The van der Waals surface area contributed by atoms with E-state index in [-0.39, 0.29) is 17.9 Å². The van der Waals surface area contributed by atoms with Crippen LogP contribution in [0.25, 0.3) is 0 Å². The lowest BCUT2D eigenvalue weighted by Gasteiger charge is -2.34. The SMILES string of the molecule is CC(NC1CCN(CC(F)(F)F)CC1)c1ccccc1F. The highest BCUT2D eigenvalue weighted by molar-refractivity contribution is 5.20. The number of hydrogen-bond acceptors (Lipinski definition) is 2. The minimum Gasteiger partial charge on any atom is -0.307 e. The first-order valence-electron chi connectivity index (χ1n) is 7.15. The molecule has 0 aliphatic carbocycles. The molecule has 0 bridgehead atoms. The zero-order chi connectivity index (χ0) is 15.5. The van der Waals surface area contributed by atoms with Gasteiger partial charge in [0.25, 0.3) is 0 Å². The van der Waals surface area contributed by atoms with Crippen molar-refractivity contribution < 1.29 is 17.6 Å². The summed E-state index contributed by atoms with van der Waals surface area (Å²) in [5.41, 5.74) is 0.593. The van der Waals surface area contributed by atoms with Crippen molar-refractivity contribution in [2.75, 3.05) is 19.6 Å². The average molecular weight is 304 g/mol. The van der Waals surface area contributed by atoms with Crippen LogP contribution < -0.4 is 5.32 Å². The third-order valence-corrected chi connectivity index (χ3v) is 3.85. The van der Waals surface area contributed by atoms with Gasteiger partial charge in [-0.25, -0.2) is 4.39 Å². The molecule has 0 amide bonds. The van der Waals surface area contributed by atoms with Gasteiger partial charge in [-0.15, -0.1) is 0 Å². The zero-order valence-corrected chi connectivity index (χ0v) is 12.0. The van der Waals surface area contributed by atoms with E-state index < -0.39 is 12.7 Å². The topological polar surface area (TPSA) is 15.3 Å². The van der Waals surface area contributed by atoms with Crippen LogP contribution in [0.5, 0.6) is 0 Å². The van der Waals surface area contributed by atoms with E-state index in [0.717, 1.165) is 0 Å². The van der Waals surface area contributed by atoms with E-state index in [4.69, 9.17) is 0 Å². The summed E-state index contributed by atoms with van der Waals surface area (Å²) >= 11 is 0. The van der Waals surface area contributed by atoms with Crippen LogP contribution in [-0.4, -0.2) is 36.8 Å². The van der Waals surface area contributed by atoms with Crippen molar-refractivity contribution in [1.29, 1.82) is 0 Å². The number of likely N-dealkylation sites (tertiary alicyclic amines) is 1. The molecule has 1 aromatic rings. The molecule has 2 nitrogen and oxygen atoms in total. The van der Waals surface area contributed by atoms with E-state index in [9.17, 15) is 17.6 Å². The summed E-state index contributed by atoms with van der Waals surface area (Å²) in [6.45, 7) is 1.87. The fraction of sp³-hybridized carbons (Fsp3) is 0.600. The molecule has 0 aromatic heterocycles.